The van der Waals surface area contributed by atoms with Crippen LogP contribution >= 0.6 is 0 Å². The number of likely N-dealkylation sites (tertiary alicyclic amines) is 1. The van der Waals surface area contributed by atoms with Crippen LogP contribution in [0.25, 0.3) is 0 Å². The van der Waals surface area contributed by atoms with Crippen LogP contribution in [0.15, 0.2) is 64.5 Å². The predicted octanol–water partition coefficient (Wildman–Crippen LogP) is 4.92. The van der Waals surface area contributed by atoms with Crippen LogP contribution in [0, 0.1) is 0 Å². The molecule has 3 aromatic rings. The van der Waals surface area contributed by atoms with Crippen molar-refractivity contribution in [1.29, 1.82) is 0 Å². The first kappa shape index (κ1) is 32.2. The Morgan fingerprint density at radius 1 is 1.04 bits per heavy atom. The zero-order valence-corrected chi connectivity index (χ0v) is 28.2. The summed E-state index contributed by atoms with van der Waals surface area (Å²) < 4.78 is 24.6. The fourth-order valence-corrected chi connectivity index (χ4v) is 8.65. The van der Waals surface area contributed by atoms with E-state index in [9.17, 15) is 14.7 Å². The lowest BCUT2D eigenvalue weighted by atomic mass is 9.86. The number of ether oxygens (including phenoxy) is 1. The number of nitrogens with one attached hydrogen (secondary N) is 1. The monoisotopic (exact) mass is 668 g/mol. The molecule has 8 rings (SSSR count). The van der Waals surface area contributed by atoms with Gasteiger partial charge >= 0.3 is 0 Å². The van der Waals surface area contributed by atoms with Gasteiger partial charge in [-0.15, -0.1) is 0 Å². The van der Waals surface area contributed by atoms with Crippen LogP contribution in [-0.2, 0) is 31.2 Å². The van der Waals surface area contributed by atoms with Gasteiger partial charge in [0.15, 0.2) is 5.82 Å². The number of benzene rings is 1. The number of halogens is 1. The van der Waals surface area contributed by atoms with E-state index in [1.165, 1.54) is 27.5 Å². The van der Waals surface area contributed by atoms with E-state index in [0.29, 0.717) is 47.7 Å². The predicted molar refractivity (Wildman–Crippen MR) is 185 cm³/mol. The highest BCUT2D eigenvalue weighted by Crippen LogP contribution is 2.40. The molecule has 5 aliphatic rings. The molecule has 2 fully saturated rings. The van der Waals surface area contributed by atoms with E-state index in [0.717, 1.165) is 76.9 Å². The number of fused-ring (bicyclic) bond motifs is 3. The van der Waals surface area contributed by atoms with Crippen molar-refractivity contribution >= 4 is 17.4 Å². The van der Waals surface area contributed by atoms with Crippen molar-refractivity contribution in [3.05, 3.63) is 98.3 Å². The average Bonchev–Trinajstić information content (AvgIpc) is 3.80. The van der Waals surface area contributed by atoms with Crippen molar-refractivity contribution in [3.63, 3.8) is 0 Å². The first-order valence-electron chi connectivity index (χ1n) is 17.9. The SMILES string of the molecule is Cn1cc(C2CC(F)=CC(N3CCn4c(cc5c4CCCC5)C3=O)=C2CO)nc(Nc2ccc(C3CCN(C4CCOC4)CC3)cc2)c1=O. The van der Waals surface area contributed by atoms with E-state index in [1.54, 1.807) is 18.1 Å². The van der Waals surface area contributed by atoms with E-state index in [4.69, 9.17) is 9.72 Å². The van der Waals surface area contributed by atoms with Gasteiger partial charge in [-0.1, -0.05) is 12.1 Å². The number of hydrogen-bond acceptors (Lipinski definition) is 7. The zero-order chi connectivity index (χ0) is 33.6. The number of aliphatic hydroxyl groups is 1. The minimum absolute atomic E-state index is 0.0158. The Hall–Kier alpha value is -4.06. The second-order valence-electron chi connectivity index (χ2n) is 14.2. The summed E-state index contributed by atoms with van der Waals surface area (Å²) >= 11 is 0. The molecule has 1 amide bonds. The van der Waals surface area contributed by atoms with Gasteiger partial charge in [-0.25, -0.2) is 9.37 Å². The Kier molecular flexibility index (Phi) is 8.75. The number of carbonyl (C=O) groups excluding carboxylic acids is 1. The fraction of sp³-hybridized carbons (Fsp3) is 0.500. The van der Waals surface area contributed by atoms with Crippen LogP contribution < -0.4 is 10.9 Å². The lowest BCUT2D eigenvalue weighted by Crippen LogP contribution is -2.41. The van der Waals surface area contributed by atoms with Gasteiger partial charge in [0, 0.05) is 68.4 Å². The van der Waals surface area contributed by atoms with E-state index >= 15 is 4.39 Å². The van der Waals surface area contributed by atoms with E-state index in [1.807, 2.05) is 18.2 Å². The summed E-state index contributed by atoms with van der Waals surface area (Å²) in [6.45, 7) is 4.52. The maximum absolute atomic E-state index is 15.4. The van der Waals surface area contributed by atoms with Gasteiger partial charge in [-0.2, -0.15) is 0 Å². The van der Waals surface area contributed by atoms with Gasteiger partial charge in [0.25, 0.3) is 11.5 Å². The third kappa shape index (κ3) is 6.06. The summed E-state index contributed by atoms with van der Waals surface area (Å²) in [5.74, 6) is -0.592. The summed E-state index contributed by atoms with van der Waals surface area (Å²) in [4.78, 5) is 36.0. The topological polar surface area (TPSA) is 105 Å². The molecule has 11 heteroatoms. The van der Waals surface area contributed by atoms with Gasteiger partial charge in [0.2, 0.25) is 0 Å². The van der Waals surface area contributed by atoms with Crippen LogP contribution in [-0.4, -0.2) is 80.4 Å². The third-order valence-electron chi connectivity index (χ3n) is 11.4. The van der Waals surface area contributed by atoms with Crippen molar-refractivity contribution < 1.29 is 19.0 Å². The minimum Gasteiger partial charge on any atom is -0.392 e. The largest absolute Gasteiger partial charge is 0.392 e. The molecule has 0 radical (unpaired) electrons. The van der Waals surface area contributed by atoms with Crippen LogP contribution in [0.1, 0.15) is 83.4 Å². The number of allylic oxidation sites excluding steroid dienone is 2. The van der Waals surface area contributed by atoms with Crippen LogP contribution in [0.4, 0.5) is 15.9 Å². The van der Waals surface area contributed by atoms with Gasteiger partial charge in [0.1, 0.15) is 11.5 Å². The molecule has 258 valence electrons. The molecule has 10 nitrogen and oxygen atoms in total. The second kappa shape index (κ2) is 13.3. The molecular weight excluding hydrogens is 623 g/mol. The maximum atomic E-state index is 15.4. The number of aliphatic hydroxyl groups excluding tert-OH is 1. The molecule has 2 aromatic heterocycles. The molecule has 5 heterocycles. The van der Waals surface area contributed by atoms with Crippen LogP contribution in [0.5, 0.6) is 0 Å². The zero-order valence-electron chi connectivity index (χ0n) is 28.2. The fourth-order valence-electron chi connectivity index (χ4n) is 8.65. The molecule has 2 unspecified atom stereocenters. The molecular formula is C38H45FN6O4. The minimum atomic E-state index is -0.642. The number of amides is 1. The lowest BCUT2D eigenvalue weighted by molar-refractivity contribution is 0.0760. The maximum Gasteiger partial charge on any atom is 0.293 e. The number of piperidine rings is 1. The van der Waals surface area contributed by atoms with Crippen LogP contribution in [0.3, 0.4) is 0 Å². The lowest BCUT2D eigenvalue weighted by Gasteiger charge is -2.35. The van der Waals surface area contributed by atoms with Crippen molar-refractivity contribution in [1.82, 2.24) is 23.9 Å². The number of anilines is 2. The molecule has 0 spiro atoms. The second-order valence-corrected chi connectivity index (χ2v) is 14.2. The average molecular weight is 669 g/mol. The molecule has 2 saturated heterocycles. The van der Waals surface area contributed by atoms with Crippen molar-refractivity contribution in [3.8, 4) is 0 Å². The molecule has 49 heavy (non-hydrogen) atoms. The van der Waals surface area contributed by atoms with Gasteiger partial charge < -0.3 is 29.2 Å². The summed E-state index contributed by atoms with van der Waals surface area (Å²) in [6.07, 6.45) is 10.5. The number of carbonyl (C=O) groups is 1. The number of aryl methyl sites for hydroxylation is 2. The molecule has 0 saturated carbocycles. The van der Waals surface area contributed by atoms with E-state index in [-0.39, 0.29) is 30.3 Å². The number of rotatable bonds is 7. The van der Waals surface area contributed by atoms with Crippen LogP contribution in [0.2, 0.25) is 0 Å². The standard InChI is InChI=1S/C38H45FN6O4/c1-42-21-32(41-36(38(42)48)40-28-8-6-24(7-9-28)25-10-13-43(14-11-25)29-12-17-49-23-29)30-19-27(39)20-34(31(30)22-46)45-16-15-44-33-5-3-2-4-26(33)18-35(44)37(45)47/h6-9,18,20-21,25,29-30,46H,2-5,10-17,19,22-23H2,1H3,(H,40,41). The molecule has 2 atom stereocenters. The normalized spacial score (nSPS) is 23.4. The molecule has 2 aliphatic carbocycles. The highest BCUT2D eigenvalue weighted by Gasteiger charge is 2.36. The van der Waals surface area contributed by atoms with Crippen molar-refractivity contribution in [2.24, 2.45) is 7.05 Å². The van der Waals surface area contributed by atoms with Gasteiger partial charge in [0.05, 0.1) is 18.9 Å². The molecule has 3 aliphatic heterocycles. The first-order chi connectivity index (χ1) is 23.9. The number of hydrogen-bond donors (Lipinski definition) is 2. The Morgan fingerprint density at radius 3 is 2.59 bits per heavy atom. The van der Waals surface area contributed by atoms with E-state index in [2.05, 4.69) is 26.9 Å². The highest BCUT2D eigenvalue weighted by atomic mass is 19.1. The highest BCUT2D eigenvalue weighted by molar-refractivity contribution is 5.95. The summed E-state index contributed by atoms with van der Waals surface area (Å²) in [5.41, 5.74) is 6.18. The summed E-state index contributed by atoms with van der Waals surface area (Å²) in [7, 11) is 1.65. The Labute approximate surface area is 285 Å². The first-order valence-corrected chi connectivity index (χ1v) is 17.9. The molecule has 0 bridgehead atoms. The summed E-state index contributed by atoms with van der Waals surface area (Å²) in [6, 6.07) is 10.8. The van der Waals surface area contributed by atoms with Crippen molar-refractivity contribution in [2.45, 2.75) is 75.8 Å². The van der Waals surface area contributed by atoms with Gasteiger partial charge in [-0.05, 0) is 105 Å². The van der Waals surface area contributed by atoms with Crippen molar-refractivity contribution in [2.75, 3.05) is 44.8 Å². The molecule has 1 aromatic carbocycles. The number of nitrogens with zero attached hydrogens (tertiary/aromatic N) is 5. The number of aromatic nitrogens is 3. The van der Waals surface area contributed by atoms with E-state index < -0.39 is 11.7 Å². The summed E-state index contributed by atoms with van der Waals surface area (Å²) in [5, 5.41) is 13.9. The molecule has 2 N–H and O–H groups in total. The Bertz CT molecular complexity index is 1860. The Balaban J connectivity index is 1.02. The quantitative estimate of drug-likeness (QED) is 0.369. The van der Waals surface area contributed by atoms with Gasteiger partial charge in [-0.3, -0.25) is 14.5 Å². The smallest absolute Gasteiger partial charge is 0.293 e. The third-order valence-corrected chi connectivity index (χ3v) is 11.4. The Morgan fingerprint density at radius 2 is 1.84 bits per heavy atom.